The van der Waals surface area contributed by atoms with Crippen molar-refractivity contribution in [3.8, 4) is 0 Å². The second-order valence-corrected chi connectivity index (χ2v) is 2.80. The van der Waals surface area contributed by atoms with Gasteiger partial charge in [0.25, 0.3) is 0 Å². The Morgan fingerprint density at radius 2 is 2.00 bits per heavy atom. The third-order valence-corrected chi connectivity index (χ3v) is 1.90. The summed E-state index contributed by atoms with van der Waals surface area (Å²) in [5.41, 5.74) is 0.139. The van der Waals surface area contributed by atoms with E-state index in [4.69, 9.17) is 0 Å². The van der Waals surface area contributed by atoms with Crippen LogP contribution in [0, 0.1) is 5.95 Å². The van der Waals surface area contributed by atoms with E-state index in [9.17, 15) is 14.3 Å². The summed E-state index contributed by atoms with van der Waals surface area (Å²) in [6.07, 6.45) is 0. The Morgan fingerprint density at radius 3 is 2.67 bits per heavy atom. The first-order valence-corrected chi connectivity index (χ1v) is 3.95. The molecule has 0 aliphatic rings. The molecule has 0 atom stereocenters. The minimum absolute atomic E-state index is 0. The first-order chi connectivity index (χ1) is 6.68. The third kappa shape index (κ3) is 2.34. The number of aromatic carboxylic acids is 1. The van der Waals surface area contributed by atoms with Gasteiger partial charge in [0, 0.05) is 17.0 Å². The minimum Gasteiger partial charge on any atom is -0.545 e. The van der Waals surface area contributed by atoms with E-state index in [0.29, 0.717) is 10.9 Å². The van der Waals surface area contributed by atoms with Crippen molar-refractivity contribution >= 4 is 16.9 Å². The molecule has 0 spiro atoms. The number of fused-ring (bicyclic) bond motifs is 1. The molecule has 5 heteroatoms. The maximum atomic E-state index is 12.9. The Kier molecular flexibility index (Phi) is 3.79. The molecule has 2 aromatic rings. The number of nitrogens with zero attached hydrogens (tertiary/aromatic N) is 1. The zero-order valence-corrected chi connectivity index (χ0v) is 10.0. The maximum Gasteiger partial charge on any atom is 1.00 e. The smallest absolute Gasteiger partial charge is 0.545 e. The van der Waals surface area contributed by atoms with Gasteiger partial charge in [-0.05, 0) is 6.07 Å². The van der Waals surface area contributed by atoms with Gasteiger partial charge in [0.15, 0.2) is 0 Å². The topological polar surface area (TPSA) is 53.0 Å². The fourth-order valence-corrected chi connectivity index (χ4v) is 1.31. The molecule has 0 aliphatic carbocycles. The molecule has 0 N–H and O–H groups in total. The molecule has 0 saturated carbocycles. The van der Waals surface area contributed by atoms with Crippen LogP contribution in [0.5, 0.6) is 0 Å². The number of carbonyl (C=O) groups is 1. The number of hydrogen-bond donors (Lipinski definition) is 0. The maximum absolute atomic E-state index is 12.9. The zero-order chi connectivity index (χ0) is 10.1. The number of carbonyl (C=O) groups excluding carboxylic acids is 1. The SMILES string of the molecule is O=C([O-])c1cc(F)nc2ccccc12.[Na+]. The molecule has 1 heterocycles. The molecule has 0 saturated heterocycles. The predicted molar refractivity (Wildman–Crippen MR) is 46.0 cm³/mol. The van der Waals surface area contributed by atoms with E-state index >= 15 is 0 Å². The van der Waals surface area contributed by atoms with Gasteiger partial charge in [-0.25, -0.2) is 4.98 Å². The molecule has 0 aliphatic heterocycles. The number of hydrogen-bond acceptors (Lipinski definition) is 3. The number of halogens is 1. The number of aromatic nitrogens is 1. The second-order valence-electron chi connectivity index (χ2n) is 2.80. The van der Waals surface area contributed by atoms with E-state index in [1.165, 1.54) is 0 Å². The van der Waals surface area contributed by atoms with Crippen molar-refractivity contribution < 1.29 is 43.8 Å². The van der Waals surface area contributed by atoms with Crippen molar-refractivity contribution in [2.24, 2.45) is 0 Å². The summed E-state index contributed by atoms with van der Waals surface area (Å²) in [5, 5.41) is 11.0. The number of carboxylic acid groups (broad SMARTS) is 1. The number of para-hydroxylation sites is 1. The van der Waals surface area contributed by atoms with E-state index in [2.05, 4.69) is 4.98 Å². The molecule has 15 heavy (non-hydrogen) atoms. The van der Waals surface area contributed by atoms with Crippen molar-refractivity contribution in [1.82, 2.24) is 4.98 Å². The molecular weight excluding hydrogens is 208 g/mol. The van der Waals surface area contributed by atoms with Gasteiger partial charge >= 0.3 is 29.6 Å². The first-order valence-electron chi connectivity index (χ1n) is 3.95. The van der Waals surface area contributed by atoms with Crippen LogP contribution in [0.4, 0.5) is 4.39 Å². The number of carboxylic acids is 1. The van der Waals surface area contributed by atoms with Gasteiger partial charge in [-0.2, -0.15) is 4.39 Å². The van der Waals surface area contributed by atoms with Crippen molar-refractivity contribution in [3.63, 3.8) is 0 Å². The van der Waals surface area contributed by atoms with Crippen LogP contribution in [-0.4, -0.2) is 11.0 Å². The van der Waals surface area contributed by atoms with E-state index in [0.717, 1.165) is 6.07 Å². The summed E-state index contributed by atoms with van der Waals surface area (Å²) in [6.45, 7) is 0. The van der Waals surface area contributed by atoms with Crippen LogP contribution in [0.15, 0.2) is 30.3 Å². The van der Waals surface area contributed by atoms with E-state index in [1.807, 2.05) is 0 Å². The van der Waals surface area contributed by atoms with E-state index < -0.39 is 11.9 Å². The van der Waals surface area contributed by atoms with Gasteiger partial charge in [0.1, 0.15) is 0 Å². The summed E-state index contributed by atoms with van der Waals surface area (Å²) in [6, 6.07) is 7.29. The van der Waals surface area contributed by atoms with Gasteiger partial charge in [-0.15, -0.1) is 0 Å². The molecule has 1 aromatic heterocycles. The van der Waals surface area contributed by atoms with Crippen LogP contribution < -0.4 is 34.7 Å². The largest absolute Gasteiger partial charge is 1.00 e. The van der Waals surface area contributed by atoms with Crippen LogP contribution in [0.1, 0.15) is 10.4 Å². The molecule has 2 rings (SSSR count). The monoisotopic (exact) mass is 213 g/mol. The second kappa shape index (κ2) is 4.70. The van der Waals surface area contributed by atoms with Gasteiger partial charge in [-0.3, -0.25) is 0 Å². The molecule has 0 amide bonds. The molecular formula is C10H5FNNaO2. The normalized spacial score (nSPS) is 9.67. The first kappa shape index (κ1) is 12.1. The van der Waals surface area contributed by atoms with Crippen molar-refractivity contribution in [2.75, 3.05) is 0 Å². The molecule has 70 valence electrons. The van der Waals surface area contributed by atoms with Gasteiger partial charge < -0.3 is 9.90 Å². The zero-order valence-electron chi connectivity index (χ0n) is 8.03. The fourth-order valence-electron chi connectivity index (χ4n) is 1.31. The molecule has 0 radical (unpaired) electrons. The fraction of sp³-hybridized carbons (Fsp3) is 0. The van der Waals surface area contributed by atoms with Gasteiger partial charge in [-0.1, -0.05) is 18.2 Å². The Morgan fingerprint density at radius 1 is 1.33 bits per heavy atom. The standard InChI is InChI=1S/C10H6FNO2.Na/c11-9-5-7(10(13)14)6-3-1-2-4-8(6)12-9;/h1-5H,(H,13,14);/q;+1/p-1. The van der Waals surface area contributed by atoms with Crippen LogP contribution >= 0.6 is 0 Å². The minimum atomic E-state index is -1.40. The summed E-state index contributed by atoms with van der Waals surface area (Å²) < 4.78 is 12.9. The van der Waals surface area contributed by atoms with Crippen LogP contribution in [-0.2, 0) is 0 Å². The molecule has 3 nitrogen and oxygen atoms in total. The van der Waals surface area contributed by atoms with Crippen LogP contribution in [0.2, 0.25) is 0 Å². The molecule has 1 aromatic carbocycles. The van der Waals surface area contributed by atoms with Crippen molar-refractivity contribution in [1.29, 1.82) is 0 Å². The van der Waals surface area contributed by atoms with Gasteiger partial charge in [0.05, 0.1) is 11.5 Å². The average molecular weight is 213 g/mol. The molecule has 0 bridgehead atoms. The van der Waals surface area contributed by atoms with Gasteiger partial charge in [0.2, 0.25) is 5.95 Å². The number of pyridine rings is 1. The summed E-state index contributed by atoms with van der Waals surface area (Å²) >= 11 is 0. The average Bonchev–Trinajstić information content (AvgIpc) is 2.16. The number of benzene rings is 1. The quantitative estimate of drug-likeness (QED) is 0.397. The van der Waals surface area contributed by atoms with Crippen molar-refractivity contribution in [3.05, 3.63) is 41.8 Å². The Balaban J connectivity index is 0.00000112. The van der Waals surface area contributed by atoms with E-state index in [1.54, 1.807) is 24.3 Å². The summed E-state index contributed by atoms with van der Waals surface area (Å²) in [4.78, 5) is 14.2. The van der Waals surface area contributed by atoms with Crippen molar-refractivity contribution in [2.45, 2.75) is 0 Å². The predicted octanol–water partition coefficient (Wildman–Crippen LogP) is -2.26. The Hall–Kier alpha value is -0.970. The van der Waals surface area contributed by atoms with Crippen LogP contribution in [0.3, 0.4) is 0 Å². The molecule has 0 fully saturated rings. The summed E-state index contributed by atoms with van der Waals surface area (Å²) in [5.74, 6) is -2.22. The van der Waals surface area contributed by atoms with E-state index in [-0.39, 0.29) is 35.1 Å². The Bertz CT molecular complexity index is 516. The molecule has 0 unspecified atom stereocenters. The third-order valence-electron chi connectivity index (χ3n) is 1.90. The number of rotatable bonds is 1. The Labute approximate surface area is 107 Å². The summed E-state index contributed by atoms with van der Waals surface area (Å²) in [7, 11) is 0. The van der Waals surface area contributed by atoms with Crippen LogP contribution in [0.25, 0.3) is 10.9 Å².